The van der Waals surface area contributed by atoms with Crippen molar-refractivity contribution >= 4 is 17.8 Å². The summed E-state index contributed by atoms with van der Waals surface area (Å²) in [6.07, 6.45) is 2.15. The number of hydrogen-bond acceptors (Lipinski definition) is 5. The van der Waals surface area contributed by atoms with Crippen molar-refractivity contribution in [3.8, 4) is 5.75 Å². The summed E-state index contributed by atoms with van der Waals surface area (Å²) in [7, 11) is 0. The van der Waals surface area contributed by atoms with Gasteiger partial charge in [-0.05, 0) is 37.5 Å². The second kappa shape index (κ2) is 6.93. The molecule has 0 radical (unpaired) electrons. The smallest absolute Gasteiger partial charge is 0.338 e. The van der Waals surface area contributed by atoms with E-state index in [1.807, 2.05) is 0 Å². The zero-order valence-electron chi connectivity index (χ0n) is 12.0. The van der Waals surface area contributed by atoms with Gasteiger partial charge in [0, 0.05) is 6.54 Å². The molecular weight excluding hydrogens is 288 g/mol. The van der Waals surface area contributed by atoms with E-state index in [4.69, 9.17) is 10.5 Å². The molecule has 7 heteroatoms. The number of nitrogens with two attached hydrogens (primary N) is 1. The van der Waals surface area contributed by atoms with Crippen LogP contribution < -0.4 is 5.73 Å². The predicted octanol–water partition coefficient (Wildman–Crippen LogP) is 0.415. The van der Waals surface area contributed by atoms with Gasteiger partial charge in [-0.3, -0.25) is 9.59 Å². The number of nitrogens with zero attached hydrogens (tertiary/aromatic N) is 1. The highest BCUT2D eigenvalue weighted by Gasteiger charge is 2.31. The number of esters is 1. The minimum atomic E-state index is -0.711. The van der Waals surface area contributed by atoms with Crippen molar-refractivity contribution in [2.45, 2.75) is 25.3 Å². The lowest BCUT2D eigenvalue weighted by Gasteiger charge is -2.33. The normalized spacial score (nSPS) is 17.8. The number of rotatable bonds is 4. The SMILES string of the molecule is NC(=O)[C@H]1CCCCN1C(=O)COC(=O)c1cccc(O)c1. The number of carbonyl (C=O) groups excluding carboxylic acids is 3. The lowest BCUT2D eigenvalue weighted by atomic mass is 10.0. The van der Waals surface area contributed by atoms with Crippen LogP contribution in [0.3, 0.4) is 0 Å². The van der Waals surface area contributed by atoms with Crippen LogP contribution >= 0.6 is 0 Å². The highest BCUT2D eigenvalue weighted by atomic mass is 16.5. The average molecular weight is 306 g/mol. The minimum absolute atomic E-state index is 0.0643. The molecule has 1 aliphatic heterocycles. The van der Waals surface area contributed by atoms with Crippen LogP contribution in [0.4, 0.5) is 0 Å². The minimum Gasteiger partial charge on any atom is -0.508 e. The summed E-state index contributed by atoms with van der Waals surface area (Å²) in [5.41, 5.74) is 5.44. The van der Waals surface area contributed by atoms with Crippen LogP contribution in [0.15, 0.2) is 24.3 Å². The molecule has 7 nitrogen and oxygen atoms in total. The van der Waals surface area contributed by atoms with Crippen molar-refractivity contribution in [2.24, 2.45) is 5.73 Å². The van der Waals surface area contributed by atoms with Crippen LogP contribution in [-0.2, 0) is 14.3 Å². The Morgan fingerprint density at radius 1 is 1.32 bits per heavy atom. The third-order valence-electron chi connectivity index (χ3n) is 3.56. The van der Waals surface area contributed by atoms with Crippen LogP contribution in [0.5, 0.6) is 5.75 Å². The number of hydrogen-bond donors (Lipinski definition) is 2. The van der Waals surface area contributed by atoms with E-state index in [0.717, 1.165) is 12.8 Å². The molecule has 2 amide bonds. The first-order valence-corrected chi connectivity index (χ1v) is 7.04. The number of primary amides is 1. The Morgan fingerprint density at radius 2 is 2.09 bits per heavy atom. The van der Waals surface area contributed by atoms with Gasteiger partial charge in [0.05, 0.1) is 5.56 Å². The standard InChI is InChI=1S/C15H18N2O5/c16-14(20)12-6-1-2-7-17(12)13(19)9-22-15(21)10-4-3-5-11(18)8-10/h3-5,8,12,18H,1-2,6-7,9H2,(H2,16,20)/t12-/m1/s1. The summed E-state index contributed by atoms with van der Waals surface area (Å²) in [5, 5.41) is 9.30. The van der Waals surface area contributed by atoms with Crippen molar-refractivity contribution in [1.29, 1.82) is 0 Å². The van der Waals surface area contributed by atoms with E-state index in [9.17, 15) is 19.5 Å². The van der Waals surface area contributed by atoms with Gasteiger partial charge in [0.15, 0.2) is 6.61 Å². The molecule has 1 aromatic rings. The summed E-state index contributed by atoms with van der Waals surface area (Å²) in [5.74, 6) is -1.77. The Hall–Kier alpha value is -2.57. The van der Waals surface area contributed by atoms with Crippen LogP contribution in [-0.4, -0.2) is 47.0 Å². The van der Waals surface area contributed by atoms with Crippen molar-refractivity contribution in [3.05, 3.63) is 29.8 Å². The van der Waals surface area contributed by atoms with E-state index in [2.05, 4.69) is 0 Å². The molecule has 2 rings (SSSR count). The largest absolute Gasteiger partial charge is 0.508 e. The first-order chi connectivity index (χ1) is 10.5. The van der Waals surface area contributed by atoms with Crippen LogP contribution in [0.1, 0.15) is 29.6 Å². The number of carbonyl (C=O) groups is 3. The van der Waals surface area contributed by atoms with Crippen molar-refractivity contribution in [3.63, 3.8) is 0 Å². The highest BCUT2D eigenvalue weighted by Crippen LogP contribution is 2.17. The second-order valence-corrected chi connectivity index (χ2v) is 5.13. The van der Waals surface area contributed by atoms with E-state index in [-0.39, 0.29) is 11.3 Å². The Kier molecular flexibility index (Phi) is 4.98. The molecule has 0 aromatic heterocycles. The molecule has 1 saturated heterocycles. The lowest BCUT2D eigenvalue weighted by Crippen LogP contribution is -2.51. The molecule has 0 spiro atoms. The van der Waals surface area contributed by atoms with Gasteiger partial charge in [0.1, 0.15) is 11.8 Å². The van der Waals surface area contributed by atoms with Crippen molar-refractivity contribution in [2.75, 3.05) is 13.2 Å². The molecule has 1 fully saturated rings. The number of piperidine rings is 1. The highest BCUT2D eigenvalue weighted by molar-refractivity contribution is 5.92. The quantitative estimate of drug-likeness (QED) is 0.783. The Balaban J connectivity index is 1.94. The summed E-state index contributed by atoms with van der Waals surface area (Å²) < 4.78 is 4.93. The number of phenolic OH excluding ortho intramolecular Hbond substituents is 1. The van der Waals surface area contributed by atoms with Crippen molar-refractivity contribution in [1.82, 2.24) is 4.90 Å². The van der Waals surface area contributed by atoms with Gasteiger partial charge >= 0.3 is 5.97 Å². The van der Waals surface area contributed by atoms with Crippen molar-refractivity contribution < 1.29 is 24.2 Å². The number of benzene rings is 1. The van der Waals surface area contributed by atoms with Crippen LogP contribution in [0, 0.1) is 0 Å². The molecule has 22 heavy (non-hydrogen) atoms. The lowest BCUT2D eigenvalue weighted by molar-refractivity contribution is -0.143. The maximum Gasteiger partial charge on any atom is 0.338 e. The number of likely N-dealkylation sites (tertiary alicyclic amines) is 1. The molecule has 1 aliphatic rings. The fraction of sp³-hybridized carbons (Fsp3) is 0.400. The molecule has 0 unspecified atom stereocenters. The molecule has 1 aromatic carbocycles. The summed E-state index contributed by atoms with van der Waals surface area (Å²) in [6, 6.07) is 5.01. The van der Waals surface area contributed by atoms with E-state index < -0.39 is 30.4 Å². The van der Waals surface area contributed by atoms with Crippen LogP contribution in [0.25, 0.3) is 0 Å². The fourth-order valence-electron chi connectivity index (χ4n) is 2.45. The summed E-state index contributed by atoms with van der Waals surface area (Å²) >= 11 is 0. The van der Waals surface area contributed by atoms with Gasteiger partial charge in [0.25, 0.3) is 5.91 Å². The fourth-order valence-corrected chi connectivity index (χ4v) is 2.45. The molecule has 0 saturated carbocycles. The maximum atomic E-state index is 12.1. The van der Waals surface area contributed by atoms with Gasteiger partial charge in [-0.15, -0.1) is 0 Å². The summed E-state index contributed by atoms with van der Waals surface area (Å²) in [4.78, 5) is 36.6. The van der Waals surface area contributed by atoms with Gasteiger partial charge in [-0.2, -0.15) is 0 Å². The molecule has 0 bridgehead atoms. The first-order valence-electron chi connectivity index (χ1n) is 7.04. The Morgan fingerprint density at radius 3 is 2.77 bits per heavy atom. The molecule has 1 atom stereocenters. The first kappa shape index (κ1) is 15.8. The third-order valence-corrected chi connectivity index (χ3v) is 3.56. The number of aromatic hydroxyl groups is 1. The third kappa shape index (κ3) is 3.75. The number of ether oxygens (including phenoxy) is 1. The maximum absolute atomic E-state index is 12.1. The Labute approximate surface area is 127 Å². The zero-order valence-corrected chi connectivity index (χ0v) is 12.0. The number of phenols is 1. The molecule has 0 aliphatic carbocycles. The van der Waals surface area contributed by atoms with Gasteiger partial charge in [0.2, 0.25) is 5.91 Å². The summed E-state index contributed by atoms with van der Waals surface area (Å²) in [6.45, 7) is -0.0333. The van der Waals surface area contributed by atoms with E-state index in [0.29, 0.717) is 13.0 Å². The average Bonchev–Trinajstić information content (AvgIpc) is 2.52. The zero-order chi connectivity index (χ0) is 16.1. The molecule has 1 heterocycles. The van der Waals surface area contributed by atoms with Gasteiger partial charge < -0.3 is 20.5 Å². The topological polar surface area (TPSA) is 110 Å². The van der Waals surface area contributed by atoms with Gasteiger partial charge in [-0.1, -0.05) is 6.07 Å². The molecule has 3 N–H and O–H groups in total. The van der Waals surface area contributed by atoms with Gasteiger partial charge in [-0.25, -0.2) is 4.79 Å². The molecule has 118 valence electrons. The number of amides is 2. The predicted molar refractivity (Wildman–Crippen MR) is 76.9 cm³/mol. The van der Waals surface area contributed by atoms with E-state index in [1.165, 1.54) is 29.2 Å². The Bertz CT molecular complexity index is 587. The molecular formula is C15H18N2O5. The van der Waals surface area contributed by atoms with E-state index >= 15 is 0 Å². The monoisotopic (exact) mass is 306 g/mol. The van der Waals surface area contributed by atoms with Crippen LogP contribution in [0.2, 0.25) is 0 Å². The second-order valence-electron chi connectivity index (χ2n) is 5.13. The van der Waals surface area contributed by atoms with E-state index in [1.54, 1.807) is 0 Å².